The molecule has 26 heavy (non-hydrogen) atoms. The molecule has 0 atom stereocenters. The number of nitro groups is 1. The van der Waals surface area contributed by atoms with Gasteiger partial charge in [0, 0.05) is 36.0 Å². The van der Waals surface area contributed by atoms with E-state index in [0.717, 1.165) is 5.56 Å². The van der Waals surface area contributed by atoms with Crippen LogP contribution in [0.2, 0.25) is 5.02 Å². The topological polar surface area (TPSA) is 84.3 Å². The van der Waals surface area contributed by atoms with Crippen LogP contribution in [-0.4, -0.2) is 23.9 Å². The van der Waals surface area contributed by atoms with E-state index in [1.54, 1.807) is 18.2 Å². The fraction of sp³-hybridized carbons (Fsp3) is 0.316. The summed E-state index contributed by atoms with van der Waals surface area (Å²) in [5, 5.41) is 17.5. The fourth-order valence-corrected chi connectivity index (χ4v) is 2.63. The van der Waals surface area contributed by atoms with E-state index in [0.29, 0.717) is 23.8 Å². The van der Waals surface area contributed by atoms with Gasteiger partial charge in [0.2, 0.25) is 5.91 Å². The van der Waals surface area contributed by atoms with Crippen LogP contribution in [0.25, 0.3) is 0 Å². The molecule has 2 rings (SSSR count). The van der Waals surface area contributed by atoms with Crippen molar-refractivity contribution in [3.8, 4) is 0 Å². The van der Waals surface area contributed by atoms with Gasteiger partial charge in [-0.05, 0) is 23.8 Å². The molecular formula is C19H22ClN3O3. The molecule has 0 fully saturated rings. The monoisotopic (exact) mass is 375 g/mol. The standard InChI is InChI=1S/C19H22ClN3O3/c1-19(2,14-7-9-15(20)10-8-14)13-22-18(24)11-12-21-16-5-3-4-6-17(16)23(25)26/h3-10,21H,11-13H2,1-2H3,(H,22,24). The second kappa shape index (κ2) is 8.67. The lowest BCUT2D eigenvalue weighted by atomic mass is 9.84. The van der Waals surface area contributed by atoms with E-state index in [2.05, 4.69) is 10.6 Å². The third kappa shape index (κ3) is 5.46. The number of amides is 1. The summed E-state index contributed by atoms with van der Waals surface area (Å²) >= 11 is 5.91. The zero-order valence-corrected chi connectivity index (χ0v) is 15.5. The maximum absolute atomic E-state index is 12.1. The summed E-state index contributed by atoms with van der Waals surface area (Å²) in [5.74, 6) is -0.113. The number of hydrogen-bond donors (Lipinski definition) is 2. The Morgan fingerprint density at radius 1 is 1.15 bits per heavy atom. The summed E-state index contributed by atoms with van der Waals surface area (Å²) in [4.78, 5) is 22.6. The molecule has 0 bridgehead atoms. The molecule has 1 amide bonds. The zero-order chi connectivity index (χ0) is 19.2. The van der Waals surface area contributed by atoms with Crippen LogP contribution >= 0.6 is 11.6 Å². The van der Waals surface area contributed by atoms with Gasteiger partial charge in [0.25, 0.3) is 5.69 Å². The predicted octanol–water partition coefficient (Wildman–Crippen LogP) is 4.14. The molecule has 0 radical (unpaired) electrons. The van der Waals surface area contributed by atoms with Crippen LogP contribution in [0.4, 0.5) is 11.4 Å². The molecule has 0 saturated carbocycles. The van der Waals surface area contributed by atoms with Gasteiger partial charge in [0.1, 0.15) is 5.69 Å². The van der Waals surface area contributed by atoms with Crippen LogP contribution in [-0.2, 0) is 10.2 Å². The molecule has 6 nitrogen and oxygen atoms in total. The molecule has 0 heterocycles. The number of halogens is 1. The normalized spacial score (nSPS) is 11.0. The summed E-state index contributed by atoms with van der Waals surface area (Å²) < 4.78 is 0. The van der Waals surface area contributed by atoms with Gasteiger partial charge in [-0.3, -0.25) is 14.9 Å². The van der Waals surface area contributed by atoms with Gasteiger partial charge in [-0.1, -0.05) is 49.7 Å². The van der Waals surface area contributed by atoms with Crippen molar-refractivity contribution in [2.45, 2.75) is 25.7 Å². The largest absolute Gasteiger partial charge is 0.379 e. The summed E-state index contributed by atoms with van der Waals surface area (Å²) in [5.41, 5.74) is 1.26. The van der Waals surface area contributed by atoms with Gasteiger partial charge in [-0.2, -0.15) is 0 Å². The molecule has 0 aliphatic rings. The van der Waals surface area contributed by atoms with Crippen molar-refractivity contribution in [3.63, 3.8) is 0 Å². The molecule has 0 spiro atoms. The Balaban J connectivity index is 1.82. The highest BCUT2D eigenvalue weighted by Gasteiger charge is 2.21. The van der Waals surface area contributed by atoms with Gasteiger partial charge >= 0.3 is 0 Å². The molecule has 2 N–H and O–H groups in total. The van der Waals surface area contributed by atoms with Crippen LogP contribution < -0.4 is 10.6 Å². The number of benzene rings is 2. The van der Waals surface area contributed by atoms with E-state index < -0.39 is 4.92 Å². The lowest BCUT2D eigenvalue weighted by Crippen LogP contribution is -2.37. The Morgan fingerprint density at radius 3 is 2.46 bits per heavy atom. The number of carbonyl (C=O) groups excluding carboxylic acids is 1. The highest BCUT2D eigenvalue weighted by molar-refractivity contribution is 6.30. The van der Waals surface area contributed by atoms with E-state index >= 15 is 0 Å². The van der Waals surface area contributed by atoms with Crippen molar-refractivity contribution in [1.29, 1.82) is 0 Å². The van der Waals surface area contributed by atoms with Crippen molar-refractivity contribution in [2.24, 2.45) is 0 Å². The second-order valence-electron chi connectivity index (χ2n) is 6.62. The minimum Gasteiger partial charge on any atom is -0.379 e. The van der Waals surface area contributed by atoms with Gasteiger partial charge in [0.15, 0.2) is 0 Å². The number of hydrogen-bond acceptors (Lipinski definition) is 4. The van der Waals surface area contributed by atoms with Gasteiger partial charge in [0.05, 0.1) is 4.92 Å². The van der Waals surface area contributed by atoms with Crippen LogP contribution in [0.1, 0.15) is 25.8 Å². The molecular weight excluding hydrogens is 354 g/mol. The lowest BCUT2D eigenvalue weighted by molar-refractivity contribution is -0.384. The number of para-hydroxylation sites is 2. The maximum Gasteiger partial charge on any atom is 0.292 e. The first-order valence-electron chi connectivity index (χ1n) is 8.29. The average molecular weight is 376 g/mol. The van der Waals surface area contributed by atoms with E-state index in [9.17, 15) is 14.9 Å². The molecule has 0 saturated heterocycles. The van der Waals surface area contributed by atoms with Gasteiger partial charge in [-0.15, -0.1) is 0 Å². The Labute approximate surface area is 157 Å². The van der Waals surface area contributed by atoms with Crippen molar-refractivity contribution < 1.29 is 9.72 Å². The Kier molecular flexibility index (Phi) is 6.58. The Bertz CT molecular complexity index is 776. The highest BCUT2D eigenvalue weighted by atomic mass is 35.5. The van der Waals surface area contributed by atoms with E-state index in [-0.39, 0.29) is 23.4 Å². The number of anilines is 1. The fourth-order valence-electron chi connectivity index (χ4n) is 2.50. The van der Waals surface area contributed by atoms with E-state index in [4.69, 9.17) is 11.6 Å². The maximum atomic E-state index is 12.1. The quantitative estimate of drug-likeness (QED) is 0.536. The van der Waals surface area contributed by atoms with Crippen molar-refractivity contribution >= 4 is 28.9 Å². The molecule has 7 heteroatoms. The van der Waals surface area contributed by atoms with Crippen LogP contribution in [0.5, 0.6) is 0 Å². The first-order valence-corrected chi connectivity index (χ1v) is 8.67. The molecule has 2 aromatic carbocycles. The molecule has 0 aliphatic carbocycles. The lowest BCUT2D eigenvalue weighted by Gasteiger charge is -2.25. The number of nitro benzene ring substituents is 1. The van der Waals surface area contributed by atoms with Crippen LogP contribution in [0.15, 0.2) is 48.5 Å². The number of rotatable bonds is 8. The minimum absolute atomic E-state index is 0.00298. The summed E-state index contributed by atoms with van der Waals surface area (Å²) in [6.45, 7) is 4.89. The summed E-state index contributed by atoms with van der Waals surface area (Å²) in [6.07, 6.45) is 0.225. The third-order valence-electron chi connectivity index (χ3n) is 4.12. The third-order valence-corrected chi connectivity index (χ3v) is 4.37. The average Bonchev–Trinajstić information content (AvgIpc) is 2.61. The summed E-state index contributed by atoms with van der Waals surface area (Å²) in [6, 6.07) is 13.9. The van der Waals surface area contributed by atoms with Crippen molar-refractivity contribution in [2.75, 3.05) is 18.4 Å². The molecule has 0 aromatic heterocycles. The van der Waals surface area contributed by atoms with Gasteiger partial charge < -0.3 is 10.6 Å². The van der Waals surface area contributed by atoms with E-state index in [1.807, 2.05) is 38.1 Å². The Morgan fingerprint density at radius 2 is 1.81 bits per heavy atom. The zero-order valence-electron chi connectivity index (χ0n) is 14.8. The van der Waals surface area contributed by atoms with Crippen LogP contribution in [0, 0.1) is 10.1 Å². The SMILES string of the molecule is CC(C)(CNC(=O)CCNc1ccccc1[N+](=O)[O-])c1ccc(Cl)cc1. The summed E-state index contributed by atoms with van der Waals surface area (Å²) in [7, 11) is 0. The van der Waals surface area contributed by atoms with Gasteiger partial charge in [-0.25, -0.2) is 0 Å². The first-order chi connectivity index (χ1) is 12.3. The minimum atomic E-state index is -0.447. The first kappa shape index (κ1) is 19.7. The van der Waals surface area contributed by atoms with E-state index in [1.165, 1.54) is 6.07 Å². The number of nitrogens with one attached hydrogen (secondary N) is 2. The smallest absolute Gasteiger partial charge is 0.292 e. The predicted molar refractivity (Wildman–Crippen MR) is 104 cm³/mol. The van der Waals surface area contributed by atoms with Crippen molar-refractivity contribution in [3.05, 3.63) is 69.2 Å². The van der Waals surface area contributed by atoms with Crippen LogP contribution in [0.3, 0.4) is 0 Å². The number of nitrogens with zero attached hydrogens (tertiary/aromatic N) is 1. The molecule has 0 unspecified atom stereocenters. The van der Waals surface area contributed by atoms with Crippen molar-refractivity contribution in [1.82, 2.24) is 5.32 Å². The number of carbonyl (C=O) groups is 1. The highest BCUT2D eigenvalue weighted by Crippen LogP contribution is 2.24. The molecule has 0 aliphatic heterocycles. The molecule has 138 valence electrons. The Hall–Kier alpha value is -2.60. The molecule has 2 aromatic rings. The second-order valence-corrected chi connectivity index (χ2v) is 7.05.